The highest BCUT2D eigenvalue weighted by Gasteiger charge is 1.89. The molecule has 2 rings (SSSR count). The van der Waals surface area contributed by atoms with E-state index in [0.717, 1.165) is 11.1 Å². The molecule has 0 aromatic heterocycles. The van der Waals surface area contributed by atoms with Gasteiger partial charge in [-0.2, -0.15) is 0 Å². The zero-order chi connectivity index (χ0) is 12.8. The number of rotatable bonds is 0. The lowest BCUT2D eigenvalue weighted by atomic mass is 10.1. The Labute approximate surface area is 106 Å². The van der Waals surface area contributed by atoms with Crippen LogP contribution in [0.15, 0.2) is 42.5 Å². The van der Waals surface area contributed by atoms with Crippen molar-refractivity contribution < 1.29 is 10.2 Å². The zero-order valence-corrected chi connectivity index (χ0v) is 10.6. The maximum atomic E-state index is 8.99. The predicted molar refractivity (Wildman–Crippen MR) is 70.7 cm³/mol. The lowest BCUT2D eigenvalue weighted by Crippen LogP contribution is -1.74. The monoisotopic (exact) mass is 250 g/mol. The molecule has 2 N–H and O–H groups in total. The van der Waals surface area contributed by atoms with E-state index in [2.05, 4.69) is 0 Å². The molecule has 90 valence electrons. The Morgan fingerprint density at radius 1 is 0.765 bits per heavy atom. The average Bonchev–Trinajstić information content (AvgIpc) is 2.21. The van der Waals surface area contributed by atoms with Crippen LogP contribution in [0, 0.1) is 13.8 Å². The molecule has 2 nitrogen and oxygen atoms in total. The maximum absolute atomic E-state index is 8.99. The molecule has 0 saturated carbocycles. The molecule has 0 radical (unpaired) electrons. The van der Waals surface area contributed by atoms with Crippen LogP contribution in [0.1, 0.15) is 11.1 Å². The van der Waals surface area contributed by atoms with E-state index >= 15 is 0 Å². The van der Waals surface area contributed by atoms with Crippen molar-refractivity contribution in [1.29, 1.82) is 0 Å². The molecule has 0 amide bonds. The Kier molecular flexibility index (Phi) is 4.85. The standard InChI is InChI=1S/C8H10O.C6H5ClO/c1-6-3-7(2)5-8(9)4-6;7-5-1-3-6(8)4-2-5/h3-5,9H,1-2H3;1-4,8H. The van der Waals surface area contributed by atoms with Gasteiger partial charge in [0.2, 0.25) is 0 Å². The lowest BCUT2D eigenvalue weighted by Gasteiger charge is -1.95. The molecule has 0 atom stereocenters. The van der Waals surface area contributed by atoms with Crippen molar-refractivity contribution >= 4 is 11.6 Å². The molecule has 0 aliphatic heterocycles. The van der Waals surface area contributed by atoms with E-state index in [1.165, 1.54) is 0 Å². The minimum atomic E-state index is 0.245. The van der Waals surface area contributed by atoms with Gasteiger partial charge < -0.3 is 10.2 Å². The quantitative estimate of drug-likeness (QED) is 0.740. The molecular weight excluding hydrogens is 236 g/mol. The first-order valence-corrected chi connectivity index (χ1v) is 5.57. The van der Waals surface area contributed by atoms with E-state index < -0.39 is 0 Å². The minimum absolute atomic E-state index is 0.245. The second-order valence-electron chi connectivity index (χ2n) is 3.82. The third-order valence-corrected chi connectivity index (χ3v) is 2.29. The van der Waals surface area contributed by atoms with Gasteiger partial charge in [-0.05, 0) is 61.4 Å². The lowest BCUT2D eigenvalue weighted by molar-refractivity contribution is 0.474. The number of phenols is 2. The van der Waals surface area contributed by atoms with Crippen LogP contribution in [0.25, 0.3) is 0 Å². The third kappa shape index (κ3) is 5.27. The summed E-state index contributed by atoms with van der Waals surface area (Å²) in [5.41, 5.74) is 2.21. The van der Waals surface area contributed by atoms with E-state index in [0.29, 0.717) is 10.8 Å². The molecule has 0 spiro atoms. The average molecular weight is 251 g/mol. The Morgan fingerprint density at radius 2 is 1.24 bits per heavy atom. The summed E-state index contributed by atoms with van der Waals surface area (Å²) >= 11 is 5.50. The van der Waals surface area contributed by atoms with Gasteiger partial charge in [-0.1, -0.05) is 17.7 Å². The van der Waals surface area contributed by atoms with Gasteiger partial charge in [0.15, 0.2) is 0 Å². The van der Waals surface area contributed by atoms with E-state index in [9.17, 15) is 0 Å². The molecule has 2 aromatic rings. The Bertz CT molecular complexity index is 407. The molecule has 0 aliphatic carbocycles. The fourth-order valence-corrected chi connectivity index (χ4v) is 1.52. The highest BCUT2D eigenvalue weighted by Crippen LogP contribution is 2.13. The molecule has 0 fully saturated rings. The van der Waals surface area contributed by atoms with E-state index in [-0.39, 0.29) is 5.75 Å². The van der Waals surface area contributed by atoms with Crippen LogP contribution in [0.5, 0.6) is 11.5 Å². The zero-order valence-electron chi connectivity index (χ0n) is 9.81. The van der Waals surface area contributed by atoms with Crippen LogP contribution in [-0.4, -0.2) is 10.2 Å². The van der Waals surface area contributed by atoms with Crippen molar-refractivity contribution in [2.45, 2.75) is 13.8 Å². The highest BCUT2D eigenvalue weighted by molar-refractivity contribution is 6.30. The van der Waals surface area contributed by atoms with Crippen molar-refractivity contribution in [2.24, 2.45) is 0 Å². The topological polar surface area (TPSA) is 40.5 Å². The Balaban J connectivity index is 0.000000171. The van der Waals surface area contributed by atoms with Gasteiger partial charge in [0.05, 0.1) is 0 Å². The minimum Gasteiger partial charge on any atom is -0.508 e. The summed E-state index contributed by atoms with van der Waals surface area (Å²) in [5.74, 6) is 0.599. The fraction of sp³-hybridized carbons (Fsp3) is 0.143. The first kappa shape index (κ1) is 13.4. The van der Waals surface area contributed by atoms with Crippen LogP contribution >= 0.6 is 11.6 Å². The van der Waals surface area contributed by atoms with E-state index in [1.54, 1.807) is 36.4 Å². The number of hydrogen-bond acceptors (Lipinski definition) is 2. The predicted octanol–water partition coefficient (Wildman–Crippen LogP) is 4.05. The number of aryl methyl sites for hydroxylation is 2. The smallest absolute Gasteiger partial charge is 0.116 e. The first-order chi connectivity index (χ1) is 7.97. The molecule has 0 heterocycles. The maximum Gasteiger partial charge on any atom is 0.116 e. The normalized spacial score (nSPS) is 9.35. The third-order valence-electron chi connectivity index (χ3n) is 2.03. The summed E-state index contributed by atoms with van der Waals surface area (Å²) in [6.07, 6.45) is 0. The summed E-state index contributed by atoms with van der Waals surface area (Å²) in [4.78, 5) is 0. The SMILES string of the molecule is Cc1cc(C)cc(O)c1.Oc1ccc(Cl)cc1. The van der Waals surface area contributed by atoms with Crippen molar-refractivity contribution in [1.82, 2.24) is 0 Å². The van der Waals surface area contributed by atoms with Crippen LogP contribution in [-0.2, 0) is 0 Å². The van der Waals surface area contributed by atoms with E-state index in [1.807, 2.05) is 19.9 Å². The highest BCUT2D eigenvalue weighted by atomic mass is 35.5. The van der Waals surface area contributed by atoms with Gasteiger partial charge in [-0.15, -0.1) is 0 Å². The van der Waals surface area contributed by atoms with Gasteiger partial charge in [-0.25, -0.2) is 0 Å². The van der Waals surface area contributed by atoms with Crippen LogP contribution in [0.4, 0.5) is 0 Å². The molecule has 2 aromatic carbocycles. The largest absolute Gasteiger partial charge is 0.508 e. The summed E-state index contributed by atoms with van der Waals surface area (Å²) in [7, 11) is 0. The fourth-order valence-electron chi connectivity index (χ4n) is 1.39. The Hall–Kier alpha value is -1.67. The van der Waals surface area contributed by atoms with Crippen LogP contribution in [0.3, 0.4) is 0 Å². The number of benzene rings is 2. The van der Waals surface area contributed by atoms with Gasteiger partial charge in [-0.3, -0.25) is 0 Å². The van der Waals surface area contributed by atoms with Crippen molar-refractivity contribution in [3.05, 3.63) is 58.6 Å². The van der Waals surface area contributed by atoms with Crippen molar-refractivity contribution in [3.63, 3.8) is 0 Å². The first-order valence-electron chi connectivity index (χ1n) is 5.19. The van der Waals surface area contributed by atoms with Crippen LogP contribution < -0.4 is 0 Å². The van der Waals surface area contributed by atoms with E-state index in [4.69, 9.17) is 21.8 Å². The summed E-state index contributed by atoms with van der Waals surface area (Å²) < 4.78 is 0. The van der Waals surface area contributed by atoms with Gasteiger partial charge in [0.1, 0.15) is 11.5 Å². The van der Waals surface area contributed by atoms with Gasteiger partial charge >= 0.3 is 0 Å². The second kappa shape index (κ2) is 6.16. The van der Waals surface area contributed by atoms with Gasteiger partial charge in [0, 0.05) is 5.02 Å². The molecule has 3 heteroatoms. The van der Waals surface area contributed by atoms with Crippen LogP contribution in [0.2, 0.25) is 5.02 Å². The Morgan fingerprint density at radius 3 is 1.59 bits per heavy atom. The van der Waals surface area contributed by atoms with Crippen molar-refractivity contribution in [3.8, 4) is 11.5 Å². The summed E-state index contributed by atoms with van der Waals surface area (Å²) in [6, 6.07) is 11.9. The number of aromatic hydroxyl groups is 2. The molecule has 0 aliphatic rings. The number of halogens is 1. The number of hydrogen-bond donors (Lipinski definition) is 2. The molecule has 0 bridgehead atoms. The molecule has 17 heavy (non-hydrogen) atoms. The molecule has 0 saturated heterocycles. The molecule has 0 unspecified atom stereocenters. The second-order valence-corrected chi connectivity index (χ2v) is 4.26. The summed E-state index contributed by atoms with van der Waals surface area (Å²) in [6.45, 7) is 3.93. The number of phenolic OH excluding ortho intramolecular Hbond substituents is 2. The van der Waals surface area contributed by atoms with Gasteiger partial charge in [0.25, 0.3) is 0 Å². The summed E-state index contributed by atoms with van der Waals surface area (Å²) in [5, 5.41) is 18.3. The molecular formula is C14H15ClO2. The van der Waals surface area contributed by atoms with Crippen molar-refractivity contribution in [2.75, 3.05) is 0 Å².